The molecule has 2 bridgehead atoms. The van der Waals surface area contributed by atoms with Crippen LogP contribution in [0.1, 0.15) is 13.3 Å². The molecule has 4 heteroatoms. The monoisotopic (exact) mass is 203 g/mol. The summed E-state index contributed by atoms with van der Waals surface area (Å²) in [6, 6.07) is 0.516. The minimum Gasteiger partial charge on any atom is -0.337 e. The standard InChI is InChI=1S/C8H13NOS2/c1-5(11)8(10)9-3-7-2-6(9)4-12-7/h5-7,11H,2-4H2,1H3. The largest absolute Gasteiger partial charge is 0.337 e. The molecule has 2 rings (SSSR count). The van der Waals surface area contributed by atoms with Crippen LogP contribution < -0.4 is 0 Å². The van der Waals surface area contributed by atoms with Crippen LogP contribution in [0.25, 0.3) is 0 Å². The molecule has 0 N–H and O–H groups in total. The Labute approximate surface area is 82.5 Å². The zero-order chi connectivity index (χ0) is 8.72. The fraction of sp³-hybridized carbons (Fsp3) is 0.875. The molecule has 2 aliphatic rings. The molecule has 0 aromatic carbocycles. The number of hydrogen-bond acceptors (Lipinski definition) is 3. The van der Waals surface area contributed by atoms with Gasteiger partial charge in [0.25, 0.3) is 0 Å². The molecule has 0 saturated carbocycles. The molecule has 2 fully saturated rings. The zero-order valence-corrected chi connectivity index (χ0v) is 8.78. The molecule has 3 atom stereocenters. The van der Waals surface area contributed by atoms with Crippen molar-refractivity contribution in [1.29, 1.82) is 0 Å². The Hall–Kier alpha value is 0.170. The van der Waals surface area contributed by atoms with Crippen LogP contribution >= 0.6 is 24.4 Å². The van der Waals surface area contributed by atoms with Crippen LogP contribution in [0.15, 0.2) is 0 Å². The lowest BCUT2D eigenvalue weighted by molar-refractivity contribution is -0.130. The summed E-state index contributed by atoms with van der Waals surface area (Å²) in [5.41, 5.74) is 0. The quantitative estimate of drug-likeness (QED) is 0.642. The van der Waals surface area contributed by atoms with E-state index < -0.39 is 0 Å². The first-order chi connectivity index (χ1) is 5.68. The van der Waals surface area contributed by atoms with Crippen LogP contribution in [-0.4, -0.2) is 39.6 Å². The fourth-order valence-electron chi connectivity index (χ4n) is 1.91. The smallest absolute Gasteiger partial charge is 0.235 e. The number of hydrogen-bond donors (Lipinski definition) is 1. The maximum absolute atomic E-state index is 11.6. The molecule has 0 aliphatic carbocycles. The first-order valence-electron chi connectivity index (χ1n) is 4.28. The third-order valence-electron chi connectivity index (χ3n) is 2.54. The molecular formula is C8H13NOS2. The predicted molar refractivity (Wildman–Crippen MR) is 54.8 cm³/mol. The Bertz CT molecular complexity index is 207. The summed E-state index contributed by atoms with van der Waals surface area (Å²) in [4.78, 5) is 13.6. The van der Waals surface area contributed by atoms with Gasteiger partial charge in [-0.2, -0.15) is 24.4 Å². The van der Waals surface area contributed by atoms with E-state index >= 15 is 0 Å². The van der Waals surface area contributed by atoms with Crippen molar-refractivity contribution >= 4 is 30.3 Å². The Kier molecular flexibility index (Phi) is 2.29. The van der Waals surface area contributed by atoms with Gasteiger partial charge in [0.1, 0.15) is 0 Å². The molecule has 0 aromatic rings. The summed E-state index contributed by atoms with van der Waals surface area (Å²) in [6.45, 7) is 2.81. The molecule has 2 nitrogen and oxygen atoms in total. The van der Waals surface area contributed by atoms with Crippen molar-refractivity contribution in [1.82, 2.24) is 4.90 Å². The summed E-state index contributed by atoms with van der Waals surface area (Å²) < 4.78 is 0. The van der Waals surface area contributed by atoms with Crippen LogP contribution in [0.5, 0.6) is 0 Å². The van der Waals surface area contributed by atoms with Gasteiger partial charge in [-0.1, -0.05) is 0 Å². The number of thioether (sulfide) groups is 1. The van der Waals surface area contributed by atoms with Gasteiger partial charge in [-0.3, -0.25) is 4.79 Å². The lowest BCUT2D eigenvalue weighted by Crippen LogP contribution is -2.42. The van der Waals surface area contributed by atoms with Crippen molar-refractivity contribution in [3.8, 4) is 0 Å². The molecule has 3 unspecified atom stereocenters. The summed E-state index contributed by atoms with van der Waals surface area (Å²) >= 11 is 6.17. The van der Waals surface area contributed by atoms with E-state index in [2.05, 4.69) is 12.6 Å². The number of fused-ring (bicyclic) bond motifs is 2. The van der Waals surface area contributed by atoms with Crippen molar-refractivity contribution in [2.45, 2.75) is 29.9 Å². The molecule has 2 heterocycles. The fourth-order valence-corrected chi connectivity index (χ4v) is 3.49. The van der Waals surface area contributed by atoms with Crippen molar-refractivity contribution in [3.05, 3.63) is 0 Å². The average Bonchev–Trinajstić information content (AvgIpc) is 2.62. The van der Waals surface area contributed by atoms with E-state index in [4.69, 9.17) is 0 Å². The summed E-state index contributed by atoms with van der Waals surface area (Å²) in [7, 11) is 0. The number of likely N-dealkylation sites (tertiary alicyclic amines) is 1. The van der Waals surface area contributed by atoms with Crippen molar-refractivity contribution < 1.29 is 4.79 Å². The highest BCUT2D eigenvalue weighted by Crippen LogP contribution is 2.37. The molecule has 0 aromatic heterocycles. The first-order valence-corrected chi connectivity index (χ1v) is 5.85. The second kappa shape index (κ2) is 3.14. The molecule has 0 radical (unpaired) electrons. The topological polar surface area (TPSA) is 20.3 Å². The minimum absolute atomic E-state index is 0.130. The lowest BCUT2D eigenvalue weighted by Gasteiger charge is -2.27. The Balaban J connectivity index is 2.02. The van der Waals surface area contributed by atoms with E-state index in [1.54, 1.807) is 0 Å². The molecule has 12 heavy (non-hydrogen) atoms. The van der Waals surface area contributed by atoms with Crippen LogP contribution in [0.2, 0.25) is 0 Å². The van der Waals surface area contributed by atoms with Crippen LogP contribution in [0.3, 0.4) is 0 Å². The van der Waals surface area contributed by atoms with E-state index in [0.29, 0.717) is 11.3 Å². The van der Waals surface area contributed by atoms with Gasteiger partial charge >= 0.3 is 0 Å². The second-order valence-corrected chi connectivity index (χ2v) is 5.62. The second-order valence-electron chi connectivity index (χ2n) is 3.51. The SMILES string of the molecule is CC(S)C(=O)N1CC2CC1CS2. The zero-order valence-electron chi connectivity index (χ0n) is 7.06. The number of nitrogens with zero attached hydrogens (tertiary/aromatic N) is 1. The number of carbonyl (C=O) groups is 1. The first kappa shape index (κ1) is 8.75. The van der Waals surface area contributed by atoms with Crippen molar-refractivity contribution in [2.75, 3.05) is 12.3 Å². The molecule has 0 spiro atoms. The Morgan fingerprint density at radius 1 is 1.75 bits per heavy atom. The third-order valence-corrected chi connectivity index (χ3v) is 4.15. The highest BCUT2D eigenvalue weighted by atomic mass is 32.2. The van der Waals surface area contributed by atoms with Crippen LogP contribution in [0, 0.1) is 0 Å². The van der Waals surface area contributed by atoms with Gasteiger partial charge in [0, 0.05) is 23.6 Å². The van der Waals surface area contributed by atoms with Gasteiger partial charge < -0.3 is 4.90 Å². The van der Waals surface area contributed by atoms with Gasteiger partial charge in [-0.05, 0) is 13.3 Å². The number of carbonyl (C=O) groups excluding carboxylic acids is 1. The minimum atomic E-state index is -0.130. The number of amides is 1. The highest BCUT2D eigenvalue weighted by Gasteiger charge is 2.41. The summed E-state index contributed by atoms with van der Waals surface area (Å²) in [5, 5.41) is 0.584. The maximum atomic E-state index is 11.6. The van der Waals surface area contributed by atoms with Gasteiger partial charge in [0.15, 0.2) is 0 Å². The molecular weight excluding hydrogens is 190 g/mol. The van der Waals surface area contributed by atoms with Gasteiger partial charge in [0.05, 0.1) is 5.25 Å². The average molecular weight is 203 g/mol. The van der Waals surface area contributed by atoms with Crippen molar-refractivity contribution in [2.24, 2.45) is 0 Å². The summed E-state index contributed by atoms with van der Waals surface area (Å²) in [6.07, 6.45) is 1.21. The van der Waals surface area contributed by atoms with Crippen LogP contribution in [0.4, 0.5) is 0 Å². The number of rotatable bonds is 1. The van der Waals surface area contributed by atoms with Crippen molar-refractivity contribution in [3.63, 3.8) is 0 Å². The Morgan fingerprint density at radius 2 is 2.50 bits per heavy atom. The predicted octanol–water partition coefficient (Wildman–Crippen LogP) is 1.02. The van der Waals surface area contributed by atoms with Gasteiger partial charge in [0.2, 0.25) is 5.91 Å². The number of thiol groups is 1. The molecule has 1 amide bonds. The molecule has 68 valence electrons. The van der Waals surface area contributed by atoms with Crippen LogP contribution in [-0.2, 0) is 4.79 Å². The lowest BCUT2D eigenvalue weighted by atomic mass is 10.2. The van der Waals surface area contributed by atoms with E-state index in [-0.39, 0.29) is 11.2 Å². The van der Waals surface area contributed by atoms with E-state index in [9.17, 15) is 4.79 Å². The van der Waals surface area contributed by atoms with E-state index in [1.165, 1.54) is 6.42 Å². The van der Waals surface area contributed by atoms with E-state index in [0.717, 1.165) is 12.3 Å². The third kappa shape index (κ3) is 1.35. The normalized spacial score (nSPS) is 35.7. The summed E-state index contributed by atoms with van der Waals surface area (Å²) in [5.74, 6) is 1.35. The molecule has 2 saturated heterocycles. The van der Waals surface area contributed by atoms with Gasteiger partial charge in [-0.25, -0.2) is 0 Å². The maximum Gasteiger partial charge on any atom is 0.235 e. The molecule has 2 aliphatic heterocycles. The Morgan fingerprint density at radius 3 is 2.92 bits per heavy atom. The highest BCUT2D eigenvalue weighted by molar-refractivity contribution is 8.00. The van der Waals surface area contributed by atoms with E-state index in [1.807, 2.05) is 23.6 Å². The van der Waals surface area contributed by atoms with Gasteiger partial charge in [-0.15, -0.1) is 0 Å².